The highest BCUT2D eigenvalue weighted by molar-refractivity contribution is 7.19. The van der Waals surface area contributed by atoms with E-state index in [1.165, 1.54) is 12.8 Å². The smallest absolute Gasteiger partial charge is 0.227 e. The summed E-state index contributed by atoms with van der Waals surface area (Å²) in [5.41, 5.74) is 2.74. The normalized spacial score (nSPS) is 18.7. The summed E-state index contributed by atoms with van der Waals surface area (Å²) >= 11 is 1.65. The second kappa shape index (κ2) is 7.96. The number of nitrogens with one attached hydrogen (secondary N) is 2. The highest BCUT2D eigenvalue weighted by atomic mass is 32.1. The molecule has 1 unspecified atom stereocenters. The second-order valence-corrected chi connectivity index (χ2v) is 8.46. The molecule has 1 aromatic carbocycles. The van der Waals surface area contributed by atoms with Crippen molar-refractivity contribution in [2.45, 2.75) is 37.7 Å². The lowest BCUT2D eigenvalue weighted by Crippen LogP contribution is -2.18. The van der Waals surface area contributed by atoms with Gasteiger partial charge in [-0.2, -0.15) is 0 Å². The van der Waals surface area contributed by atoms with E-state index < -0.39 is 0 Å². The number of benzene rings is 1. The van der Waals surface area contributed by atoms with Gasteiger partial charge in [0.2, 0.25) is 5.95 Å². The monoisotopic (exact) mass is 409 g/mol. The van der Waals surface area contributed by atoms with Crippen molar-refractivity contribution < 1.29 is 9.84 Å². The summed E-state index contributed by atoms with van der Waals surface area (Å²) < 4.78 is 5.70. The lowest BCUT2D eigenvalue weighted by molar-refractivity contribution is 0.120. The van der Waals surface area contributed by atoms with Gasteiger partial charge >= 0.3 is 0 Å². The highest BCUT2D eigenvalue weighted by Gasteiger charge is 2.31. The third-order valence-electron chi connectivity index (χ3n) is 5.11. The van der Waals surface area contributed by atoms with E-state index in [0.29, 0.717) is 11.9 Å². The van der Waals surface area contributed by atoms with Crippen LogP contribution < -0.4 is 10.6 Å². The zero-order valence-corrected chi connectivity index (χ0v) is 16.8. The van der Waals surface area contributed by atoms with E-state index in [4.69, 9.17) is 14.7 Å². The van der Waals surface area contributed by atoms with Crippen LogP contribution in [0.15, 0.2) is 36.5 Å². The Morgan fingerprint density at radius 2 is 2.10 bits per heavy atom. The van der Waals surface area contributed by atoms with Crippen molar-refractivity contribution in [2.24, 2.45) is 0 Å². The number of hydrogen-bond donors (Lipinski definition) is 3. The Kier molecular flexibility index (Phi) is 5.03. The van der Waals surface area contributed by atoms with Crippen LogP contribution in [0.5, 0.6) is 5.75 Å². The first-order valence-electron chi connectivity index (χ1n) is 10.0. The molecule has 1 aliphatic carbocycles. The van der Waals surface area contributed by atoms with E-state index in [9.17, 15) is 5.11 Å². The summed E-state index contributed by atoms with van der Waals surface area (Å²) in [7, 11) is 0. The van der Waals surface area contributed by atoms with Gasteiger partial charge in [-0.25, -0.2) is 15.0 Å². The molecule has 8 heteroatoms. The number of aromatic nitrogens is 3. The van der Waals surface area contributed by atoms with E-state index >= 15 is 0 Å². The fourth-order valence-corrected chi connectivity index (χ4v) is 4.52. The molecule has 3 N–H and O–H groups in total. The summed E-state index contributed by atoms with van der Waals surface area (Å²) in [4.78, 5) is 15.0. The average molecular weight is 410 g/mol. The van der Waals surface area contributed by atoms with Crippen molar-refractivity contribution in [3.63, 3.8) is 0 Å². The molecule has 29 heavy (non-hydrogen) atoms. The number of ether oxygens (including phenoxy) is 1. The first kappa shape index (κ1) is 18.3. The molecule has 150 valence electrons. The van der Waals surface area contributed by atoms with Crippen LogP contribution in [0.2, 0.25) is 0 Å². The zero-order chi connectivity index (χ0) is 19.6. The van der Waals surface area contributed by atoms with E-state index in [-0.39, 0.29) is 11.9 Å². The highest BCUT2D eigenvalue weighted by Crippen LogP contribution is 2.47. The molecule has 0 spiro atoms. The minimum Gasteiger partial charge on any atom is -0.508 e. The Balaban J connectivity index is 1.38. The number of hydrogen-bond acceptors (Lipinski definition) is 8. The Morgan fingerprint density at radius 1 is 1.17 bits per heavy atom. The minimum absolute atomic E-state index is 0.201. The fourth-order valence-electron chi connectivity index (χ4n) is 3.49. The van der Waals surface area contributed by atoms with Crippen LogP contribution in [0.25, 0.3) is 10.6 Å². The summed E-state index contributed by atoms with van der Waals surface area (Å²) in [5.74, 6) is 1.22. The first-order chi connectivity index (χ1) is 14.2. The van der Waals surface area contributed by atoms with Crippen molar-refractivity contribution >= 4 is 28.1 Å². The lowest BCUT2D eigenvalue weighted by atomic mass is 10.2. The molecular formula is C21H23N5O2S. The number of phenols is 1. The van der Waals surface area contributed by atoms with Crippen LogP contribution in [0.4, 0.5) is 16.8 Å². The van der Waals surface area contributed by atoms with Gasteiger partial charge in [0.15, 0.2) is 5.13 Å². The van der Waals surface area contributed by atoms with Gasteiger partial charge in [-0.1, -0.05) is 17.4 Å². The molecule has 2 fully saturated rings. The zero-order valence-electron chi connectivity index (χ0n) is 16.0. The number of aromatic hydroxyl groups is 1. The topological polar surface area (TPSA) is 92.2 Å². The number of anilines is 3. The second-order valence-electron chi connectivity index (χ2n) is 7.46. The van der Waals surface area contributed by atoms with Gasteiger partial charge in [0, 0.05) is 37.0 Å². The number of phenolic OH excluding ortho intramolecular Hbond substituents is 1. The number of rotatable bonds is 7. The fraction of sp³-hybridized carbons (Fsp3) is 0.381. The van der Waals surface area contributed by atoms with Crippen LogP contribution in [0, 0.1) is 0 Å². The van der Waals surface area contributed by atoms with Gasteiger partial charge < -0.3 is 20.5 Å². The Bertz CT molecular complexity index is 998. The SMILES string of the molecule is Oc1cccc(Nc2nccc(-c3sc(NCC4CCCO4)nc3C3CC3)n2)c1. The van der Waals surface area contributed by atoms with Gasteiger partial charge in [-0.3, -0.25) is 0 Å². The lowest BCUT2D eigenvalue weighted by Gasteiger charge is -2.09. The van der Waals surface area contributed by atoms with E-state index in [2.05, 4.69) is 15.6 Å². The molecule has 3 aromatic rings. The van der Waals surface area contributed by atoms with Crippen LogP contribution >= 0.6 is 11.3 Å². The van der Waals surface area contributed by atoms with E-state index in [1.54, 1.807) is 35.7 Å². The molecule has 1 saturated heterocycles. The standard InChI is InChI=1S/C21H23N5O2S/c27-15-4-1-3-14(11-15)24-20-22-9-8-17(25-20)19-18(13-6-7-13)26-21(29-19)23-12-16-5-2-10-28-16/h1,3-4,8-9,11,13,16,27H,2,5-7,10,12H2,(H,23,26)(H,22,24,25). The van der Waals surface area contributed by atoms with Crippen LogP contribution in [0.3, 0.4) is 0 Å². The van der Waals surface area contributed by atoms with Gasteiger partial charge in [0.25, 0.3) is 0 Å². The third-order valence-corrected chi connectivity index (χ3v) is 6.16. The van der Waals surface area contributed by atoms with Crippen LogP contribution in [-0.4, -0.2) is 39.3 Å². The maximum Gasteiger partial charge on any atom is 0.227 e. The molecular weight excluding hydrogens is 386 g/mol. The first-order valence-corrected chi connectivity index (χ1v) is 10.8. The average Bonchev–Trinajstić information content (AvgIpc) is 3.26. The van der Waals surface area contributed by atoms with Crippen LogP contribution in [-0.2, 0) is 4.74 Å². The van der Waals surface area contributed by atoms with E-state index in [0.717, 1.165) is 53.1 Å². The number of nitrogens with zero attached hydrogens (tertiary/aromatic N) is 3. The van der Waals surface area contributed by atoms with Gasteiger partial charge in [0.1, 0.15) is 5.75 Å². The Morgan fingerprint density at radius 3 is 2.90 bits per heavy atom. The molecule has 0 amide bonds. The van der Waals surface area contributed by atoms with Crippen molar-refractivity contribution in [3.05, 3.63) is 42.2 Å². The van der Waals surface area contributed by atoms with Crippen molar-refractivity contribution in [1.82, 2.24) is 15.0 Å². The van der Waals surface area contributed by atoms with Gasteiger partial charge in [-0.15, -0.1) is 0 Å². The predicted octanol–water partition coefficient (Wildman–Crippen LogP) is 4.52. The quantitative estimate of drug-likeness (QED) is 0.528. The molecule has 0 radical (unpaired) electrons. The molecule has 7 nitrogen and oxygen atoms in total. The molecule has 0 bridgehead atoms. The summed E-state index contributed by atoms with van der Waals surface area (Å²) in [6, 6.07) is 8.85. The maximum absolute atomic E-state index is 9.66. The number of thiazole rings is 1. The van der Waals surface area contributed by atoms with Crippen molar-refractivity contribution in [1.29, 1.82) is 0 Å². The van der Waals surface area contributed by atoms with Crippen molar-refractivity contribution in [2.75, 3.05) is 23.8 Å². The summed E-state index contributed by atoms with van der Waals surface area (Å²) in [6.07, 6.45) is 6.64. The van der Waals surface area contributed by atoms with E-state index in [1.807, 2.05) is 12.1 Å². The molecule has 2 aliphatic rings. The summed E-state index contributed by atoms with van der Waals surface area (Å²) in [6.45, 7) is 1.66. The summed E-state index contributed by atoms with van der Waals surface area (Å²) in [5, 5.41) is 17.2. The molecule has 2 aromatic heterocycles. The van der Waals surface area contributed by atoms with Crippen LogP contribution in [0.1, 0.15) is 37.3 Å². The molecule has 1 atom stereocenters. The largest absolute Gasteiger partial charge is 0.508 e. The molecule has 1 aliphatic heterocycles. The minimum atomic E-state index is 0.201. The molecule has 1 saturated carbocycles. The maximum atomic E-state index is 9.66. The van der Waals surface area contributed by atoms with Gasteiger partial charge in [-0.05, 0) is 43.9 Å². The van der Waals surface area contributed by atoms with Crippen molar-refractivity contribution in [3.8, 4) is 16.3 Å². The Labute approximate surface area is 173 Å². The Hall–Kier alpha value is -2.71. The molecule has 5 rings (SSSR count). The molecule has 3 heterocycles. The predicted molar refractivity (Wildman–Crippen MR) is 114 cm³/mol. The van der Waals surface area contributed by atoms with Gasteiger partial charge in [0.05, 0.1) is 22.4 Å². The third kappa shape index (κ3) is 4.33.